The third-order valence-electron chi connectivity index (χ3n) is 2.48. The summed E-state index contributed by atoms with van der Waals surface area (Å²) in [7, 11) is 3.67. The van der Waals surface area contributed by atoms with E-state index in [1.807, 2.05) is 11.6 Å². The van der Waals surface area contributed by atoms with Crippen molar-refractivity contribution in [2.75, 3.05) is 13.7 Å². The number of aryl methyl sites for hydroxylation is 1. The Balaban J connectivity index is 2.54. The van der Waals surface area contributed by atoms with E-state index in [0.717, 1.165) is 18.9 Å². The zero-order valence-corrected chi connectivity index (χ0v) is 9.90. The predicted octanol–water partition coefficient (Wildman–Crippen LogP) is 0.891. The first-order valence-electron chi connectivity index (χ1n) is 5.27. The molecule has 0 bridgehead atoms. The number of hydrogen-bond acceptors (Lipinski definition) is 4. The third-order valence-corrected chi connectivity index (χ3v) is 2.48. The summed E-state index contributed by atoms with van der Waals surface area (Å²) in [6.07, 6.45) is 2.75. The molecule has 1 N–H and O–H groups in total. The second-order valence-corrected chi connectivity index (χ2v) is 3.75. The van der Waals surface area contributed by atoms with Crippen LogP contribution >= 0.6 is 0 Å². The fraction of sp³-hybridized carbons (Fsp3) is 0.800. The van der Waals surface area contributed by atoms with Crippen molar-refractivity contribution in [2.45, 2.75) is 32.4 Å². The molecule has 1 aromatic heterocycles. The molecular formula is C10H20N4O. The van der Waals surface area contributed by atoms with Gasteiger partial charge in [-0.3, -0.25) is 0 Å². The van der Waals surface area contributed by atoms with Crippen LogP contribution in [0.4, 0.5) is 0 Å². The van der Waals surface area contributed by atoms with Crippen molar-refractivity contribution in [1.29, 1.82) is 0 Å². The molecule has 15 heavy (non-hydrogen) atoms. The summed E-state index contributed by atoms with van der Waals surface area (Å²) in [5, 5.41) is 11.4. The normalized spacial score (nSPS) is 15.2. The molecule has 0 aromatic carbocycles. The molecule has 1 aromatic rings. The maximum atomic E-state index is 5.14. The van der Waals surface area contributed by atoms with Crippen LogP contribution in [0.25, 0.3) is 0 Å². The first kappa shape index (κ1) is 12.1. The number of aromatic nitrogens is 3. The molecule has 0 aliphatic carbocycles. The standard InChI is InChI=1S/C10H20N4O/c1-5-9(6-15-4)12-8(2)10-13-11-7-14(10)3/h7-9,12H,5-6H2,1-4H3. The minimum Gasteiger partial charge on any atom is -0.383 e. The Hall–Kier alpha value is -0.940. The van der Waals surface area contributed by atoms with Gasteiger partial charge in [0.1, 0.15) is 12.2 Å². The second kappa shape index (κ2) is 5.82. The van der Waals surface area contributed by atoms with Crippen LogP contribution in [-0.4, -0.2) is 34.5 Å². The van der Waals surface area contributed by atoms with Gasteiger partial charge in [-0.2, -0.15) is 0 Å². The van der Waals surface area contributed by atoms with E-state index in [1.165, 1.54) is 0 Å². The van der Waals surface area contributed by atoms with Crippen LogP contribution in [0.3, 0.4) is 0 Å². The Morgan fingerprint density at radius 1 is 1.60 bits per heavy atom. The molecule has 1 rings (SSSR count). The van der Waals surface area contributed by atoms with Crippen molar-refractivity contribution in [1.82, 2.24) is 20.1 Å². The van der Waals surface area contributed by atoms with Gasteiger partial charge in [0.25, 0.3) is 0 Å². The van der Waals surface area contributed by atoms with Crippen LogP contribution in [0.1, 0.15) is 32.1 Å². The van der Waals surface area contributed by atoms with Gasteiger partial charge in [-0.15, -0.1) is 10.2 Å². The van der Waals surface area contributed by atoms with Crippen molar-refractivity contribution < 1.29 is 4.74 Å². The lowest BCUT2D eigenvalue weighted by Gasteiger charge is -2.20. The number of nitrogens with zero attached hydrogens (tertiary/aromatic N) is 3. The van der Waals surface area contributed by atoms with Crippen LogP contribution in [0.2, 0.25) is 0 Å². The molecule has 5 heteroatoms. The first-order valence-corrected chi connectivity index (χ1v) is 5.27. The van der Waals surface area contributed by atoms with E-state index < -0.39 is 0 Å². The average molecular weight is 212 g/mol. The zero-order valence-electron chi connectivity index (χ0n) is 9.90. The molecule has 0 aliphatic heterocycles. The van der Waals surface area contributed by atoms with Gasteiger partial charge in [-0.05, 0) is 13.3 Å². The number of rotatable bonds is 6. The van der Waals surface area contributed by atoms with Gasteiger partial charge in [0.2, 0.25) is 0 Å². The van der Waals surface area contributed by atoms with E-state index in [4.69, 9.17) is 4.74 Å². The molecule has 0 saturated carbocycles. The van der Waals surface area contributed by atoms with E-state index in [9.17, 15) is 0 Å². The average Bonchev–Trinajstić information content (AvgIpc) is 2.63. The molecule has 2 unspecified atom stereocenters. The molecule has 0 saturated heterocycles. The summed E-state index contributed by atoms with van der Waals surface area (Å²) in [5.41, 5.74) is 0. The lowest BCUT2D eigenvalue weighted by molar-refractivity contribution is 0.158. The number of methoxy groups -OCH3 is 1. The van der Waals surface area contributed by atoms with Gasteiger partial charge >= 0.3 is 0 Å². The minimum atomic E-state index is 0.192. The van der Waals surface area contributed by atoms with E-state index >= 15 is 0 Å². The van der Waals surface area contributed by atoms with Crippen LogP contribution in [0.5, 0.6) is 0 Å². The van der Waals surface area contributed by atoms with Crippen LogP contribution in [0.15, 0.2) is 6.33 Å². The highest BCUT2D eigenvalue weighted by Crippen LogP contribution is 2.09. The summed E-state index contributed by atoms with van der Waals surface area (Å²) < 4.78 is 7.07. The maximum Gasteiger partial charge on any atom is 0.149 e. The van der Waals surface area contributed by atoms with Crippen LogP contribution in [0, 0.1) is 0 Å². The van der Waals surface area contributed by atoms with Gasteiger partial charge in [0.15, 0.2) is 0 Å². The van der Waals surface area contributed by atoms with Gasteiger partial charge < -0.3 is 14.6 Å². The molecule has 86 valence electrons. The molecule has 5 nitrogen and oxygen atoms in total. The molecule has 0 radical (unpaired) electrons. The highest BCUT2D eigenvalue weighted by molar-refractivity contribution is 4.93. The second-order valence-electron chi connectivity index (χ2n) is 3.75. The van der Waals surface area contributed by atoms with E-state index in [-0.39, 0.29) is 6.04 Å². The molecule has 1 heterocycles. The van der Waals surface area contributed by atoms with Crippen molar-refractivity contribution in [3.63, 3.8) is 0 Å². The lowest BCUT2D eigenvalue weighted by atomic mass is 10.2. The highest BCUT2D eigenvalue weighted by Gasteiger charge is 2.15. The summed E-state index contributed by atoms with van der Waals surface area (Å²) in [5.74, 6) is 0.949. The monoisotopic (exact) mass is 212 g/mol. The van der Waals surface area contributed by atoms with Crippen molar-refractivity contribution in [3.05, 3.63) is 12.2 Å². The Kier molecular flexibility index (Phi) is 4.71. The van der Waals surface area contributed by atoms with Gasteiger partial charge in [-0.1, -0.05) is 6.92 Å². The van der Waals surface area contributed by atoms with Crippen molar-refractivity contribution >= 4 is 0 Å². The highest BCUT2D eigenvalue weighted by atomic mass is 16.5. The van der Waals surface area contributed by atoms with Gasteiger partial charge in [0.05, 0.1) is 12.6 Å². The summed E-state index contributed by atoms with van der Waals surface area (Å²) >= 11 is 0. The van der Waals surface area contributed by atoms with Crippen molar-refractivity contribution in [2.24, 2.45) is 7.05 Å². The summed E-state index contributed by atoms with van der Waals surface area (Å²) in [4.78, 5) is 0. The number of ether oxygens (including phenoxy) is 1. The van der Waals surface area contributed by atoms with Crippen molar-refractivity contribution in [3.8, 4) is 0 Å². The topological polar surface area (TPSA) is 52.0 Å². The Labute approximate surface area is 90.8 Å². The lowest BCUT2D eigenvalue weighted by Crippen LogP contribution is -2.35. The van der Waals surface area contributed by atoms with E-state index in [0.29, 0.717) is 6.04 Å². The summed E-state index contributed by atoms with van der Waals surface area (Å²) in [6, 6.07) is 0.555. The number of nitrogens with one attached hydrogen (secondary N) is 1. The quantitative estimate of drug-likeness (QED) is 0.761. The Morgan fingerprint density at radius 3 is 2.80 bits per heavy atom. The molecule has 0 amide bonds. The van der Waals surface area contributed by atoms with E-state index in [2.05, 4.69) is 29.4 Å². The molecular weight excluding hydrogens is 192 g/mol. The van der Waals surface area contributed by atoms with Gasteiger partial charge in [-0.25, -0.2) is 0 Å². The Morgan fingerprint density at radius 2 is 2.33 bits per heavy atom. The van der Waals surface area contributed by atoms with E-state index in [1.54, 1.807) is 13.4 Å². The molecule has 0 aliphatic rings. The smallest absolute Gasteiger partial charge is 0.149 e. The van der Waals surface area contributed by atoms with Crippen LogP contribution in [-0.2, 0) is 11.8 Å². The Bertz CT molecular complexity index is 287. The minimum absolute atomic E-state index is 0.192. The molecule has 2 atom stereocenters. The fourth-order valence-corrected chi connectivity index (χ4v) is 1.60. The molecule has 0 spiro atoms. The summed E-state index contributed by atoms with van der Waals surface area (Å²) in [6.45, 7) is 4.95. The fourth-order valence-electron chi connectivity index (χ4n) is 1.60. The third kappa shape index (κ3) is 3.28. The first-order chi connectivity index (χ1) is 7.19. The van der Waals surface area contributed by atoms with Gasteiger partial charge in [0, 0.05) is 20.2 Å². The molecule has 0 fully saturated rings. The SMILES string of the molecule is CCC(COC)NC(C)c1nncn1C. The predicted molar refractivity (Wildman–Crippen MR) is 58.5 cm³/mol. The number of hydrogen-bond donors (Lipinski definition) is 1. The largest absolute Gasteiger partial charge is 0.383 e. The zero-order chi connectivity index (χ0) is 11.3. The van der Waals surface area contributed by atoms with Crippen LogP contribution < -0.4 is 5.32 Å². The maximum absolute atomic E-state index is 5.14.